The van der Waals surface area contributed by atoms with E-state index in [1.165, 1.54) is 6.07 Å². The Morgan fingerprint density at radius 1 is 1.32 bits per heavy atom. The summed E-state index contributed by atoms with van der Waals surface area (Å²) in [6, 6.07) is 4.52. The van der Waals surface area contributed by atoms with Crippen LogP contribution in [0.2, 0.25) is 10.4 Å². The summed E-state index contributed by atoms with van der Waals surface area (Å²) < 4.78 is 5.34. The van der Waals surface area contributed by atoms with E-state index in [0.717, 1.165) is 0 Å². The smallest absolute Gasteiger partial charge is 0.311 e. The maximum atomic E-state index is 10.9. The van der Waals surface area contributed by atoms with Crippen molar-refractivity contribution in [3.8, 4) is 11.6 Å². The third-order valence-corrected chi connectivity index (χ3v) is 2.57. The SMILES string of the molecule is Cc1cccc([N+](=O)[O-])c1Oc1nc(Cl)nnc1Cl. The van der Waals surface area contributed by atoms with Crippen molar-refractivity contribution in [1.82, 2.24) is 15.2 Å². The molecule has 0 radical (unpaired) electrons. The van der Waals surface area contributed by atoms with Gasteiger partial charge in [0.1, 0.15) is 0 Å². The fraction of sp³-hybridized carbons (Fsp3) is 0.100. The van der Waals surface area contributed by atoms with Gasteiger partial charge in [-0.1, -0.05) is 23.7 Å². The average Bonchev–Trinajstić information content (AvgIpc) is 2.35. The molecule has 0 spiro atoms. The predicted octanol–water partition coefficient (Wildman–Crippen LogP) is 3.19. The van der Waals surface area contributed by atoms with Gasteiger partial charge in [0.25, 0.3) is 5.88 Å². The molecular formula is C10H6Cl2N4O3. The van der Waals surface area contributed by atoms with Crippen molar-refractivity contribution in [2.75, 3.05) is 0 Å². The second-order valence-corrected chi connectivity index (χ2v) is 4.16. The normalized spacial score (nSPS) is 10.3. The lowest BCUT2D eigenvalue weighted by molar-refractivity contribution is -0.385. The van der Waals surface area contributed by atoms with E-state index in [0.29, 0.717) is 5.56 Å². The zero-order valence-corrected chi connectivity index (χ0v) is 11.0. The Labute approximate surface area is 117 Å². The molecule has 0 aliphatic carbocycles. The number of halogens is 2. The number of ether oxygens (including phenoxy) is 1. The lowest BCUT2D eigenvalue weighted by atomic mass is 10.2. The Morgan fingerprint density at radius 3 is 2.74 bits per heavy atom. The molecular weight excluding hydrogens is 295 g/mol. The number of aromatic nitrogens is 3. The fourth-order valence-corrected chi connectivity index (χ4v) is 1.59. The highest BCUT2D eigenvalue weighted by Crippen LogP contribution is 2.35. The number of hydrogen-bond donors (Lipinski definition) is 0. The maximum absolute atomic E-state index is 10.9. The molecule has 1 heterocycles. The Kier molecular flexibility index (Phi) is 3.77. The van der Waals surface area contributed by atoms with Gasteiger partial charge in [-0.05, 0) is 24.1 Å². The monoisotopic (exact) mass is 300 g/mol. The number of nitro groups is 1. The van der Waals surface area contributed by atoms with E-state index in [1.54, 1.807) is 19.1 Å². The lowest BCUT2D eigenvalue weighted by Gasteiger charge is -2.08. The van der Waals surface area contributed by atoms with Crippen LogP contribution in [0, 0.1) is 17.0 Å². The topological polar surface area (TPSA) is 91.0 Å². The summed E-state index contributed by atoms with van der Waals surface area (Å²) in [6.07, 6.45) is 0. The van der Waals surface area contributed by atoms with Crippen LogP contribution >= 0.6 is 23.2 Å². The quantitative estimate of drug-likeness (QED) is 0.638. The summed E-state index contributed by atoms with van der Waals surface area (Å²) in [5, 5.41) is 17.6. The summed E-state index contributed by atoms with van der Waals surface area (Å²) in [6.45, 7) is 1.66. The summed E-state index contributed by atoms with van der Waals surface area (Å²) >= 11 is 11.3. The van der Waals surface area contributed by atoms with Gasteiger partial charge in [-0.3, -0.25) is 10.1 Å². The van der Waals surface area contributed by atoms with Crippen molar-refractivity contribution >= 4 is 28.9 Å². The first-order valence-electron chi connectivity index (χ1n) is 4.96. The van der Waals surface area contributed by atoms with Crippen molar-refractivity contribution in [3.05, 3.63) is 44.3 Å². The van der Waals surface area contributed by atoms with Gasteiger partial charge < -0.3 is 4.74 Å². The molecule has 2 aromatic rings. The van der Waals surface area contributed by atoms with Crippen LogP contribution < -0.4 is 4.74 Å². The van der Waals surface area contributed by atoms with Crippen LogP contribution in [0.1, 0.15) is 5.56 Å². The van der Waals surface area contributed by atoms with Gasteiger partial charge in [0.2, 0.25) is 16.2 Å². The molecule has 0 aliphatic rings. The number of hydrogen-bond acceptors (Lipinski definition) is 6. The molecule has 1 aromatic carbocycles. The number of rotatable bonds is 3. The van der Waals surface area contributed by atoms with Gasteiger partial charge in [0.15, 0.2) is 0 Å². The molecule has 0 aliphatic heterocycles. The van der Waals surface area contributed by atoms with Crippen LogP contribution in [0.4, 0.5) is 5.69 Å². The molecule has 0 amide bonds. The molecule has 0 atom stereocenters. The van der Waals surface area contributed by atoms with Crippen molar-refractivity contribution < 1.29 is 9.66 Å². The number of nitrogens with zero attached hydrogens (tertiary/aromatic N) is 4. The average molecular weight is 301 g/mol. The highest BCUT2D eigenvalue weighted by atomic mass is 35.5. The third kappa shape index (κ3) is 2.88. The summed E-state index contributed by atoms with van der Waals surface area (Å²) in [5.74, 6) is -0.106. The van der Waals surface area contributed by atoms with E-state index >= 15 is 0 Å². The standard InChI is InChI=1S/C10H6Cl2N4O3/c1-5-3-2-4-6(16(17)18)7(5)19-9-8(11)14-15-10(12)13-9/h2-4H,1H3. The second-order valence-electron chi connectivity index (χ2n) is 3.46. The van der Waals surface area contributed by atoms with Crippen LogP contribution in [-0.2, 0) is 0 Å². The minimum atomic E-state index is -0.563. The molecule has 1 aromatic heterocycles. The predicted molar refractivity (Wildman–Crippen MR) is 67.8 cm³/mol. The number of benzene rings is 1. The van der Waals surface area contributed by atoms with Gasteiger partial charge in [-0.25, -0.2) is 0 Å². The molecule has 0 fully saturated rings. The van der Waals surface area contributed by atoms with E-state index in [-0.39, 0.29) is 27.8 Å². The lowest BCUT2D eigenvalue weighted by Crippen LogP contribution is -1.99. The van der Waals surface area contributed by atoms with Crippen LogP contribution in [0.5, 0.6) is 11.6 Å². The Bertz CT molecular complexity index is 651. The number of para-hydroxylation sites is 1. The highest BCUT2D eigenvalue weighted by Gasteiger charge is 2.20. The van der Waals surface area contributed by atoms with Gasteiger partial charge in [0.05, 0.1) is 4.92 Å². The Hall–Kier alpha value is -1.99. The fourth-order valence-electron chi connectivity index (χ4n) is 1.36. The summed E-state index contributed by atoms with van der Waals surface area (Å²) in [5.41, 5.74) is 0.353. The minimum Gasteiger partial charge on any atom is -0.429 e. The number of aryl methyl sites for hydroxylation is 1. The van der Waals surface area contributed by atoms with Gasteiger partial charge >= 0.3 is 5.69 Å². The summed E-state index contributed by atoms with van der Waals surface area (Å²) in [4.78, 5) is 14.1. The molecule has 7 nitrogen and oxygen atoms in total. The zero-order valence-electron chi connectivity index (χ0n) is 9.50. The zero-order chi connectivity index (χ0) is 14.0. The maximum Gasteiger partial charge on any atom is 0.311 e. The first-order valence-corrected chi connectivity index (χ1v) is 5.72. The van der Waals surface area contributed by atoms with Crippen LogP contribution in [0.25, 0.3) is 0 Å². The first-order chi connectivity index (χ1) is 8.99. The Morgan fingerprint density at radius 2 is 2.05 bits per heavy atom. The largest absolute Gasteiger partial charge is 0.429 e. The molecule has 2 rings (SSSR count). The molecule has 19 heavy (non-hydrogen) atoms. The van der Waals surface area contributed by atoms with Gasteiger partial charge in [0, 0.05) is 6.07 Å². The molecule has 98 valence electrons. The molecule has 0 N–H and O–H groups in total. The minimum absolute atomic E-state index is 0.0333. The summed E-state index contributed by atoms with van der Waals surface area (Å²) in [7, 11) is 0. The number of nitro benzene ring substituents is 1. The van der Waals surface area contributed by atoms with E-state index < -0.39 is 4.92 Å². The molecule has 9 heteroatoms. The van der Waals surface area contributed by atoms with Crippen molar-refractivity contribution in [1.29, 1.82) is 0 Å². The van der Waals surface area contributed by atoms with Crippen molar-refractivity contribution in [2.45, 2.75) is 6.92 Å². The third-order valence-electron chi connectivity index (χ3n) is 2.18. The first kappa shape index (κ1) is 13.4. The van der Waals surface area contributed by atoms with Crippen molar-refractivity contribution in [3.63, 3.8) is 0 Å². The molecule has 0 bridgehead atoms. The van der Waals surface area contributed by atoms with Crippen LogP contribution in [-0.4, -0.2) is 20.1 Å². The van der Waals surface area contributed by atoms with E-state index in [2.05, 4.69) is 15.2 Å². The van der Waals surface area contributed by atoms with Crippen LogP contribution in [0.15, 0.2) is 18.2 Å². The van der Waals surface area contributed by atoms with Gasteiger partial charge in [-0.2, -0.15) is 4.98 Å². The van der Waals surface area contributed by atoms with Crippen molar-refractivity contribution in [2.24, 2.45) is 0 Å². The van der Waals surface area contributed by atoms with E-state index in [1.807, 2.05) is 0 Å². The Balaban J connectivity index is 2.49. The van der Waals surface area contributed by atoms with Gasteiger partial charge in [-0.15, -0.1) is 10.2 Å². The van der Waals surface area contributed by atoms with Crippen LogP contribution in [0.3, 0.4) is 0 Å². The molecule has 0 saturated carbocycles. The highest BCUT2D eigenvalue weighted by molar-refractivity contribution is 6.31. The van der Waals surface area contributed by atoms with E-state index in [9.17, 15) is 10.1 Å². The second kappa shape index (κ2) is 5.33. The molecule has 0 unspecified atom stereocenters. The molecule has 0 saturated heterocycles. The van der Waals surface area contributed by atoms with E-state index in [4.69, 9.17) is 27.9 Å².